The predicted octanol–water partition coefficient (Wildman–Crippen LogP) is 5.39. The van der Waals surface area contributed by atoms with Gasteiger partial charge in [0.2, 0.25) is 5.91 Å². The molecule has 1 saturated heterocycles. The lowest BCUT2D eigenvalue weighted by molar-refractivity contribution is -0.126. The van der Waals surface area contributed by atoms with E-state index in [-0.39, 0.29) is 11.2 Å². The summed E-state index contributed by atoms with van der Waals surface area (Å²) in [6.45, 7) is 0.985. The molecule has 0 saturated carbocycles. The molecular weight excluding hydrogens is 480 g/mol. The normalized spacial score (nSPS) is 16.2. The summed E-state index contributed by atoms with van der Waals surface area (Å²) in [5.41, 5.74) is 3.17. The molecule has 1 atom stereocenters. The number of pyridine rings is 1. The largest absolute Gasteiger partial charge is 0.489 e. The van der Waals surface area contributed by atoms with Gasteiger partial charge in [-0.3, -0.25) is 14.7 Å². The smallest absolute Gasteiger partial charge is 0.242 e. The first-order valence-electron chi connectivity index (χ1n) is 9.45. The fourth-order valence-electron chi connectivity index (χ4n) is 3.13. The molecule has 30 heavy (non-hydrogen) atoms. The van der Waals surface area contributed by atoms with Crippen LogP contribution in [0.15, 0.2) is 77.5 Å². The molecule has 0 radical (unpaired) electrons. The molecule has 0 unspecified atom stereocenters. The van der Waals surface area contributed by atoms with E-state index in [2.05, 4.69) is 20.9 Å². The summed E-state index contributed by atoms with van der Waals surface area (Å²) < 4.78 is 7.53. The Morgan fingerprint density at radius 2 is 1.77 bits per heavy atom. The van der Waals surface area contributed by atoms with Gasteiger partial charge in [0, 0.05) is 16.9 Å². The van der Waals surface area contributed by atoms with Crippen LogP contribution in [-0.4, -0.2) is 25.4 Å². The van der Waals surface area contributed by atoms with Crippen LogP contribution in [-0.2, 0) is 24.4 Å². The zero-order chi connectivity index (χ0) is 20.9. The fraction of sp³-hybridized carbons (Fsp3) is 0.174. The van der Waals surface area contributed by atoms with Crippen molar-refractivity contribution in [3.63, 3.8) is 0 Å². The number of hydrogen-bond acceptors (Lipinski definition) is 5. The van der Waals surface area contributed by atoms with Gasteiger partial charge in [-0.15, -0.1) is 0 Å². The minimum atomic E-state index is -0.191. The van der Waals surface area contributed by atoms with Gasteiger partial charge in [-0.1, -0.05) is 70.2 Å². The highest BCUT2D eigenvalue weighted by molar-refractivity contribution is 9.10. The van der Waals surface area contributed by atoms with Crippen LogP contribution < -0.4 is 4.74 Å². The third kappa shape index (κ3) is 5.28. The Hall–Kier alpha value is -2.22. The van der Waals surface area contributed by atoms with E-state index in [0.29, 0.717) is 23.9 Å². The summed E-state index contributed by atoms with van der Waals surface area (Å²) in [5, 5.41) is -0.191. The molecule has 4 rings (SSSR count). The molecule has 0 aliphatic carbocycles. The summed E-state index contributed by atoms with van der Waals surface area (Å²) >= 11 is 10.3. The van der Waals surface area contributed by atoms with Gasteiger partial charge in [0.15, 0.2) is 0 Å². The number of halogens is 1. The summed E-state index contributed by atoms with van der Waals surface area (Å²) in [7, 11) is 0. The molecule has 1 aliphatic heterocycles. The van der Waals surface area contributed by atoms with E-state index in [0.717, 1.165) is 26.9 Å². The lowest BCUT2D eigenvalue weighted by atomic mass is 10.1. The van der Waals surface area contributed by atoms with Crippen LogP contribution in [0.2, 0.25) is 0 Å². The van der Waals surface area contributed by atoms with Crippen molar-refractivity contribution in [3.8, 4) is 5.75 Å². The number of hydrogen-bond donors (Lipinski definition) is 0. The van der Waals surface area contributed by atoms with Crippen LogP contribution in [0.3, 0.4) is 0 Å². The van der Waals surface area contributed by atoms with Gasteiger partial charge in [-0.05, 0) is 53.4 Å². The van der Waals surface area contributed by atoms with E-state index in [1.165, 1.54) is 11.8 Å². The molecule has 4 nitrogen and oxygen atoms in total. The molecule has 0 N–H and O–H groups in total. The van der Waals surface area contributed by atoms with Crippen LogP contribution >= 0.6 is 39.9 Å². The maximum absolute atomic E-state index is 12.8. The molecular formula is C23H19BrN2O2S2. The van der Waals surface area contributed by atoms with E-state index in [9.17, 15) is 4.79 Å². The Balaban J connectivity index is 1.33. The lowest BCUT2D eigenvalue weighted by Crippen LogP contribution is -2.31. The Kier molecular flexibility index (Phi) is 6.82. The molecule has 152 valence electrons. The second-order valence-corrected chi connectivity index (χ2v) is 9.67. The number of ether oxygens (including phenoxy) is 1. The van der Waals surface area contributed by atoms with Gasteiger partial charge in [0.05, 0.1) is 11.8 Å². The third-order valence-electron chi connectivity index (χ3n) is 4.73. The number of thiocarbonyl (C=S) groups is 1. The standard InChI is InChI=1S/C23H19BrN2O2S2/c24-19-7-3-17(4-8-19)15-28-20-9-5-16(6-10-20)12-21-22(27)26(23(29)30-21)14-18-2-1-11-25-13-18/h1-11,13,21H,12,14-15H2/t21-/m0/s1. The van der Waals surface area contributed by atoms with Crippen molar-refractivity contribution in [2.45, 2.75) is 24.8 Å². The highest BCUT2D eigenvalue weighted by Crippen LogP contribution is 2.31. The van der Waals surface area contributed by atoms with E-state index < -0.39 is 0 Å². The van der Waals surface area contributed by atoms with E-state index in [4.69, 9.17) is 17.0 Å². The molecule has 1 amide bonds. The maximum atomic E-state index is 12.8. The van der Waals surface area contributed by atoms with Crippen molar-refractivity contribution < 1.29 is 9.53 Å². The topological polar surface area (TPSA) is 42.4 Å². The van der Waals surface area contributed by atoms with Crippen LogP contribution in [0.4, 0.5) is 0 Å². The number of rotatable bonds is 7. The minimum Gasteiger partial charge on any atom is -0.489 e. The number of thioether (sulfide) groups is 1. The number of carbonyl (C=O) groups excluding carboxylic acids is 1. The number of carbonyl (C=O) groups is 1. The molecule has 1 aromatic heterocycles. The molecule has 0 bridgehead atoms. The Labute approximate surface area is 193 Å². The monoisotopic (exact) mass is 498 g/mol. The average Bonchev–Trinajstić information content (AvgIpc) is 3.02. The number of nitrogens with zero attached hydrogens (tertiary/aromatic N) is 2. The Morgan fingerprint density at radius 1 is 1.03 bits per heavy atom. The van der Waals surface area contributed by atoms with Crippen LogP contribution in [0.25, 0.3) is 0 Å². The van der Waals surface area contributed by atoms with Crippen LogP contribution in [0.5, 0.6) is 5.75 Å². The van der Waals surface area contributed by atoms with Crippen LogP contribution in [0.1, 0.15) is 16.7 Å². The van der Waals surface area contributed by atoms with Gasteiger partial charge in [-0.2, -0.15) is 0 Å². The number of benzene rings is 2. The molecule has 3 aromatic rings. The predicted molar refractivity (Wildman–Crippen MR) is 127 cm³/mol. The molecule has 1 fully saturated rings. The van der Waals surface area contributed by atoms with Gasteiger partial charge in [0.1, 0.15) is 16.7 Å². The van der Waals surface area contributed by atoms with Crippen molar-refractivity contribution in [3.05, 3.63) is 94.2 Å². The molecule has 2 heterocycles. The van der Waals surface area contributed by atoms with Gasteiger partial charge < -0.3 is 4.74 Å². The van der Waals surface area contributed by atoms with Crippen molar-refractivity contribution in [1.82, 2.24) is 9.88 Å². The SMILES string of the molecule is O=C1[C@H](Cc2ccc(OCc3ccc(Br)cc3)cc2)SC(=S)N1Cc1cccnc1. The summed E-state index contributed by atoms with van der Waals surface area (Å²) in [5.74, 6) is 0.866. The molecule has 7 heteroatoms. The quantitative estimate of drug-likeness (QED) is 0.408. The average molecular weight is 499 g/mol. The number of amides is 1. The highest BCUT2D eigenvalue weighted by atomic mass is 79.9. The van der Waals surface area contributed by atoms with E-state index >= 15 is 0 Å². The van der Waals surface area contributed by atoms with Crippen molar-refractivity contribution in [2.75, 3.05) is 0 Å². The second-order valence-electron chi connectivity index (χ2n) is 6.92. The zero-order valence-corrected chi connectivity index (χ0v) is 19.3. The van der Waals surface area contributed by atoms with Crippen molar-refractivity contribution >= 4 is 50.1 Å². The van der Waals surface area contributed by atoms with Crippen LogP contribution in [0, 0.1) is 0 Å². The first-order valence-corrected chi connectivity index (χ1v) is 11.5. The first kappa shape index (κ1) is 21.0. The summed E-state index contributed by atoms with van der Waals surface area (Å²) in [6.07, 6.45) is 4.12. The zero-order valence-electron chi connectivity index (χ0n) is 16.0. The van der Waals surface area contributed by atoms with Gasteiger partial charge >= 0.3 is 0 Å². The second kappa shape index (κ2) is 9.73. The van der Waals surface area contributed by atoms with E-state index in [1.807, 2.05) is 60.7 Å². The maximum Gasteiger partial charge on any atom is 0.242 e. The Morgan fingerprint density at radius 3 is 2.47 bits per heavy atom. The molecule has 1 aliphatic rings. The molecule has 2 aromatic carbocycles. The van der Waals surface area contributed by atoms with Crippen molar-refractivity contribution in [2.24, 2.45) is 0 Å². The summed E-state index contributed by atoms with van der Waals surface area (Å²) in [4.78, 5) is 18.6. The first-order chi connectivity index (χ1) is 14.6. The minimum absolute atomic E-state index is 0.0596. The molecule has 0 spiro atoms. The van der Waals surface area contributed by atoms with Gasteiger partial charge in [0.25, 0.3) is 0 Å². The third-order valence-corrected chi connectivity index (χ3v) is 6.84. The fourth-order valence-corrected chi connectivity index (χ4v) is 4.92. The van der Waals surface area contributed by atoms with Crippen molar-refractivity contribution in [1.29, 1.82) is 0 Å². The Bertz CT molecular complexity index is 1030. The number of aromatic nitrogens is 1. The van der Waals surface area contributed by atoms with Gasteiger partial charge in [-0.25, -0.2) is 0 Å². The lowest BCUT2D eigenvalue weighted by Gasteiger charge is -2.15. The van der Waals surface area contributed by atoms with E-state index in [1.54, 1.807) is 17.3 Å². The highest BCUT2D eigenvalue weighted by Gasteiger charge is 2.36. The summed E-state index contributed by atoms with van der Waals surface area (Å²) in [6, 6.07) is 19.8.